The van der Waals surface area contributed by atoms with E-state index in [-0.39, 0.29) is 29.6 Å². The van der Waals surface area contributed by atoms with Crippen molar-refractivity contribution in [2.45, 2.75) is 31.4 Å². The summed E-state index contributed by atoms with van der Waals surface area (Å²) in [6, 6.07) is 9.23. The average Bonchev–Trinajstić information content (AvgIpc) is 2.84. The summed E-state index contributed by atoms with van der Waals surface area (Å²) in [7, 11) is 0. The first-order valence-corrected chi connectivity index (χ1v) is 11.5. The Morgan fingerprint density at radius 1 is 1.06 bits per heavy atom. The van der Waals surface area contributed by atoms with Gasteiger partial charge in [0, 0.05) is 56.8 Å². The summed E-state index contributed by atoms with van der Waals surface area (Å²) in [4.78, 5) is 39.0. The lowest BCUT2D eigenvalue weighted by Gasteiger charge is -2.55. The van der Waals surface area contributed by atoms with Gasteiger partial charge >= 0.3 is 0 Å². The molecule has 3 heterocycles. The number of nitrogens with zero attached hydrogens (tertiary/aromatic N) is 4. The molecule has 7 rings (SSSR count). The Morgan fingerprint density at radius 3 is 2.59 bits per heavy atom. The van der Waals surface area contributed by atoms with Gasteiger partial charge in [-0.05, 0) is 43.4 Å². The Morgan fingerprint density at radius 2 is 1.84 bits per heavy atom. The van der Waals surface area contributed by atoms with Crippen LogP contribution in [-0.2, 0) is 4.79 Å². The van der Waals surface area contributed by atoms with Crippen LogP contribution in [0.2, 0.25) is 0 Å². The van der Waals surface area contributed by atoms with E-state index in [2.05, 4.69) is 20.2 Å². The second kappa shape index (κ2) is 7.46. The fourth-order valence-corrected chi connectivity index (χ4v) is 6.08. The van der Waals surface area contributed by atoms with E-state index >= 15 is 0 Å². The van der Waals surface area contributed by atoms with Crippen molar-refractivity contribution in [3.05, 3.63) is 48.3 Å². The second-order valence-electron chi connectivity index (χ2n) is 9.38. The standard InChI is InChI=1S/C24H27N5O3/c30-21-18-4-1-2-5-20(18)32-24(27-21)15-16-6-7-17(24)14-19(16)22(31)28-10-12-29(13-11-28)23-25-8-3-9-26-23/h1-5,8-9,16-17,19H,6-7,10-15H2,(H,27,30). The lowest BCUT2D eigenvalue weighted by atomic mass is 9.59. The van der Waals surface area contributed by atoms with E-state index in [1.54, 1.807) is 18.5 Å². The third kappa shape index (κ3) is 3.12. The molecule has 1 aromatic heterocycles. The van der Waals surface area contributed by atoms with Gasteiger partial charge in [-0.1, -0.05) is 12.1 Å². The molecule has 1 spiro atoms. The Labute approximate surface area is 187 Å². The van der Waals surface area contributed by atoms with E-state index in [4.69, 9.17) is 4.74 Å². The highest BCUT2D eigenvalue weighted by molar-refractivity contribution is 5.98. The van der Waals surface area contributed by atoms with Crippen LogP contribution in [0.15, 0.2) is 42.7 Å². The number of rotatable bonds is 2. The number of benzene rings is 1. The first-order chi connectivity index (χ1) is 15.6. The number of carbonyl (C=O) groups is 2. The maximum absolute atomic E-state index is 13.5. The summed E-state index contributed by atoms with van der Waals surface area (Å²) in [5.74, 6) is 1.96. The Bertz CT molecular complexity index is 1040. The van der Waals surface area contributed by atoms with Crippen LogP contribution in [0.3, 0.4) is 0 Å². The fourth-order valence-electron chi connectivity index (χ4n) is 6.08. The molecule has 1 saturated heterocycles. The van der Waals surface area contributed by atoms with E-state index in [0.29, 0.717) is 30.8 Å². The molecular weight excluding hydrogens is 406 g/mol. The molecule has 8 heteroatoms. The molecule has 4 unspecified atom stereocenters. The summed E-state index contributed by atoms with van der Waals surface area (Å²) in [6.07, 6.45) is 6.97. The van der Waals surface area contributed by atoms with Crippen molar-refractivity contribution in [2.24, 2.45) is 17.8 Å². The minimum Gasteiger partial charge on any atom is -0.467 e. The third-order valence-corrected chi connectivity index (χ3v) is 7.71. The predicted molar refractivity (Wildman–Crippen MR) is 117 cm³/mol. The van der Waals surface area contributed by atoms with Gasteiger partial charge in [-0.3, -0.25) is 9.59 Å². The van der Waals surface area contributed by atoms with Crippen molar-refractivity contribution in [3.8, 4) is 5.75 Å². The van der Waals surface area contributed by atoms with Crippen LogP contribution in [0.1, 0.15) is 36.0 Å². The number of carbonyl (C=O) groups excluding carboxylic acids is 2. The quantitative estimate of drug-likeness (QED) is 0.780. The summed E-state index contributed by atoms with van der Waals surface area (Å²) in [6.45, 7) is 2.88. The van der Waals surface area contributed by atoms with Gasteiger partial charge < -0.3 is 19.9 Å². The Hall–Kier alpha value is -3.16. The van der Waals surface area contributed by atoms with Crippen LogP contribution in [0.4, 0.5) is 5.95 Å². The summed E-state index contributed by atoms with van der Waals surface area (Å²) in [5, 5.41) is 3.18. The monoisotopic (exact) mass is 433 g/mol. The molecule has 1 aromatic carbocycles. The smallest absolute Gasteiger partial charge is 0.258 e. The molecule has 166 valence electrons. The van der Waals surface area contributed by atoms with Crippen molar-refractivity contribution in [2.75, 3.05) is 31.1 Å². The zero-order valence-corrected chi connectivity index (χ0v) is 17.9. The Kier molecular flexibility index (Phi) is 4.55. The summed E-state index contributed by atoms with van der Waals surface area (Å²) < 4.78 is 6.42. The van der Waals surface area contributed by atoms with Crippen LogP contribution in [0.25, 0.3) is 0 Å². The van der Waals surface area contributed by atoms with E-state index < -0.39 is 5.72 Å². The molecule has 2 bridgehead atoms. The number of para-hydroxylation sites is 1. The van der Waals surface area contributed by atoms with Gasteiger partial charge in [-0.15, -0.1) is 0 Å². The lowest BCUT2D eigenvalue weighted by molar-refractivity contribution is -0.155. The zero-order chi connectivity index (χ0) is 21.7. The van der Waals surface area contributed by atoms with Gasteiger partial charge in [-0.25, -0.2) is 9.97 Å². The van der Waals surface area contributed by atoms with Gasteiger partial charge in [-0.2, -0.15) is 0 Å². The molecule has 4 fully saturated rings. The second-order valence-corrected chi connectivity index (χ2v) is 9.38. The normalized spacial score (nSPS) is 31.1. The molecule has 0 radical (unpaired) electrons. The third-order valence-electron chi connectivity index (χ3n) is 7.71. The minimum absolute atomic E-state index is 0.0107. The maximum Gasteiger partial charge on any atom is 0.258 e. The highest BCUT2D eigenvalue weighted by atomic mass is 16.5. The highest BCUT2D eigenvalue weighted by Gasteiger charge is 2.57. The minimum atomic E-state index is -0.672. The molecule has 3 aliphatic carbocycles. The number of aromatic nitrogens is 2. The van der Waals surface area contributed by atoms with E-state index in [0.717, 1.165) is 38.3 Å². The van der Waals surface area contributed by atoms with E-state index in [1.165, 1.54) is 0 Å². The highest BCUT2D eigenvalue weighted by Crippen LogP contribution is 2.52. The summed E-state index contributed by atoms with van der Waals surface area (Å²) in [5.41, 5.74) is -0.0819. The van der Waals surface area contributed by atoms with Crippen LogP contribution in [-0.4, -0.2) is 58.6 Å². The Balaban J connectivity index is 1.14. The lowest BCUT2D eigenvalue weighted by Crippen LogP contribution is -2.67. The molecule has 3 saturated carbocycles. The average molecular weight is 434 g/mol. The van der Waals surface area contributed by atoms with Crippen molar-refractivity contribution in [1.29, 1.82) is 0 Å². The number of nitrogens with one attached hydrogen (secondary N) is 1. The molecular formula is C24H27N5O3. The van der Waals surface area contributed by atoms with E-state index in [1.807, 2.05) is 29.2 Å². The first kappa shape index (κ1) is 19.5. The van der Waals surface area contributed by atoms with Gasteiger partial charge in [0.1, 0.15) is 5.75 Å². The number of hydrogen-bond acceptors (Lipinski definition) is 6. The molecule has 2 aromatic rings. The molecule has 4 atom stereocenters. The van der Waals surface area contributed by atoms with Crippen molar-refractivity contribution < 1.29 is 14.3 Å². The zero-order valence-electron chi connectivity index (χ0n) is 17.9. The number of amides is 2. The SMILES string of the molecule is O=C1NC2(CC3CCC2CC3C(=O)N2CCN(c3ncccn3)CC2)Oc2ccccc21. The number of piperazine rings is 1. The van der Waals surface area contributed by atoms with Crippen LogP contribution in [0.5, 0.6) is 5.75 Å². The van der Waals surface area contributed by atoms with Crippen molar-refractivity contribution >= 4 is 17.8 Å². The van der Waals surface area contributed by atoms with Crippen LogP contribution in [0, 0.1) is 17.8 Å². The molecule has 1 N–H and O–H groups in total. The van der Waals surface area contributed by atoms with Gasteiger partial charge in [0.25, 0.3) is 5.91 Å². The molecule has 2 amide bonds. The largest absolute Gasteiger partial charge is 0.467 e. The molecule has 32 heavy (non-hydrogen) atoms. The van der Waals surface area contributed by atoms with Gasteiger partial charge in [0.15, 0.2) is 5.72 Å². The molecule has 2 aliphatic heterocycles. The first-order valence-electron chi connectivity index (χ1n) is 11.5. The van der Waals surface area contributed by atoms with Crippen molar-refractivity contribution in [1.82, 2.24) is 20.2 Å². The molecule has 8 nitrogen and oxygen atoms in total. The predicted octanol–water partition coefficient (Wildman–Crippen LogP) is 2.08. The van der Waals surface area contributed by atoms with Gasteiger partial charge in [0.2, 0.25) is 11.9 Å². The molecule has 5 aliphatic rings. The number of anilines is 1. The summed E-state index contributed by atoms with van der Waals surface area (Å²) >= 11 is 0. The van der Waals surface area contributed by atoms with Gasteiger partial charge in [0.05, 0.1) is 5.56 Å². The number of ether oxygens (including phenoxy) is 1. The maximum atomic E-state index is 13.5. The van der Waals surface area contributed by atoms with Crippen LogP contribution >= 0.6 is 0 Å². The fraction of sp³-hybridized carbons (Fsp3) is 0.500. The van der Waals surface area contributed by atoms with Crippen LogP contribution < -0.4 is 15.0 Å². The number of fused-ring (bicyclic) bond motifs is 3. The topological polar surface area (TPSA) is 87.7 Å². The van der Waals surface area contributed by atoms with Crippen molar-refractivity contribution in [3.63, 3.8) is 0 Å². The number of hydrogen-bond donors (Lipinski definition) is 1. The van der Waals surface area contributed by atoms with E-state index in [9.17, 15) is 9.59 Å².